The van der Waals surface area contributed by atoms with Crippen LogP contribution >= 0.6 is 0 Å². The summed E-state index contributed by atoms with van der Waals surface area (Å²) in [5.41, 5.74) is 1.15. The number of carboxylic acid groups (broad SMARTS) is 1. The fourth-order valence-corrected chi connectivity index (χ4v) is 2.98. The number of rotatable bonds is 7. The van der Waals surface area contributed by atoms with Gasteiger partial charge in [-0.1, -0.05) is 43.2 Å². The predicted octanol–water partition coefficient (Wildman–Crippen LogP) is 2.87. The number of carboxylic acids is 1. The molecule has 1 aromatic rings. The van der Waals surface area contributed by atoms with Crippen LogP contribution in [0.25, 0.3) is 0 Å². The summed E-state index contributed by atoms with van der Waals surface area (Å²) in [6.07, 6.45) is 5.51. The second kappa shape index (κ2) is 7.81. The van der Waals surface area contributed by atoms with Crippen LogP contribution in [0.5, 0.6) is 0 Å². The molecule has 1 saturated carbocycles. The van der Waals surface area contributed by atoms with Gasteiger partial charge in [-0.15, -0.1) is 0 Å². The Morgan fingerprint density at radius 3 is 2.38 bits per heavy atom. The minimum atomic E-state index is -0.839. The minimum Gasteiger partial charge on any atom is -0.481 e. The lowest BCUT2D eigenvalue weighted by atomic mass is 10.1. The second-order valence-electron chi connectivity index (χ2n) is 5.65. The lowest BCUT2D eigenvalue weighted by Gasteiger charge is -2.28. The number of aryl methyl sites for hydroxylation is 1. The van der Waals surface area contributed by atoms with Crippen molar-refractivity contribution >= 4 is 11.9 Å². The molecule has 4 nitrogen and oxygen atoms in total. The second-order valence-corrected chi connectivity index (χ2v) is 5.65. The highest BCUT2D eigenvalue weighted by atomic mass is 16.4. The third kappa shape index (κ3) is 4.88. The first-order valence-electron chi connectivity index (χ1n) is 7.72. The third-order valence-electron chi connectivity index (χ3n) is 4.12. The molecular formula is C17H23NO3. The van der Waals surface area contributed by atoms with Gasteiger partial charge in [0.05, 0.1) is 6.42 Å². The molecule has 0 radical (unpaired) electrons. The zero-order chi connectivity index (χ0) is 15.1. The molecule has 0 aromatic heterocycles. The highest BCUT2D eigenvalue weighted by Gasteiger charge is 2.26. The molecule has 114 valence electrons. The molecule has 0 atom stereocenters. The summed E-state index contributed by atoms with van der Waals surface area (Å²) in [6, 6.07) is 10.2. The smallest absolute Gasteiger partial charge is 0.305 e. The van der Waals surface area contributed by atoms with E-state index in [0.29, 0.717) is 13.0 Å². The van der Waals surface area contributed by atoms with Gasteiger partial charge >= 0.3 is 5.97 Å². The van der Waals surface area contributed by atoms with Gasteiger partial charge < -0.3 is 10.0 Å². The maximum atomic E-state index is 12.4. The van der Waals surface area contributed by atoms with Crippen molar-refractivity contribution < 1.29 is 14.7 Å². The molecule has 1 aliphatic carbocycles. The molecular weight excluding hydrogens is 266 g/mol. The fraction of sp³-hybridized carbons (Fsp3) is 0.529. The van der Waals surface area contributed by atoms with Gasteiger partial charge in [-0.3, -0.25) is 9.59 Å². The van der Waals surface area contributed by atoms with E-state index in [1.54, 1.807) is 0 Å². The molecule has 21 heavy (non-hydrogen) atoms. The van der Waals surface area contributed by atoms with Crippen LogP contribution in [0.3, 0.4) is 0 Å². The largest absolute Gasteiger partial charge is 0.481 e. The lowest BCUT2D eigenvalue weighted by Crippen LogP contribution is -2.40. The molecule has 0 bridgehead atoms. The van der Waals surface area contributed by atoms with E-state index in [1.165, 1.54) is 0 Å². The normalized spacial score (nSPS) is 15.0. The van der Waals surface area contributed by atoms with Gasteiger partial charge in [0.2, 0.25) is 5.91 Å². The Morgan fingerprint density at radius 1 is 1.10 bits per heavy atom. The predicted molar refractivity (Wildman–Crippen MR) is 81.0 cm³/mol. The zero-order valence-electron chi connectivity index (χ0n) is 12.3. The lowest BCUT2D eigenvalue weighted by molar-refractivity contribution is -0.139. The van der Waals surface area contributed by atoms with Crippen LogP contribution in [-0.2, 0) is 16.0 Å². The van der Waals surface area contributed by atoms with E-state index in [-0.39, 0.29) is 18.4 Å². The molecule has 2 rings (SSSR count). The van der Waals surface area contributed by atoms with Gasteiger partial charge in [0.1, 0.15) is 0 Å². The van der Waals surface area contributed by atoms with Gasteiger partial charge in [-0.2, -0.15) is 0 Å². The van der Waals surface area contributed by atoms with Crippen LogP contribution in [0.2, 0.25) is 0 Å². The van der Waals surface area contributed by atoms with E-state index in [0.717, 1.165) is 37.7 Å². The number of hydrogen-bond donors (Lipinski definition) is 1. The first-order chi connectivity index (χ1) is 10.2. The Morgan fingerprint density at radius 2 is 1.76 bits per heavy atom. The first kappa shape index (κ1) is 15.5. The van der Waals surface area contributed by atoms with Crippen molar-refractivity contribution in [3.63, 3.8) is 0 Å². The maximum absolute atomic E-state index is 12.4. The van der Waals surface area contributed by atoms with Crippen LogP contribution in [0, 0.1) is 0 Å². The van der Waals surface area contributed by atoms with E-state index in [4.69, 9.17) is 5.11 Å². The SMILES string of the molecule is O=C(O)CCN(C(=O)CCc1ccccc1)C1CCCC1. The molecule has 1 aromatic carbocycles. The molecule has 4 heteroatoms. The van der Waals surface area contributed by atoms with Crippen molar-refractivity contribution in [1.82, 2.24) is 4.90 Å². The van der Waals surface area contributed by atoms with E-state index < -0.39 is 5.97 Å². The van der Waals surface area contributed by atoms with Crippen LogP contribution in [-0.4, -0.2) is 34.5 Å². The number of hydrogen-bond acceptors (Lipinski definition) is 2. The van der Waals surface area contributed by atoms with Crippen LogP contribution < -0.4 is 0 Å². The van der Waals surface area contributed by atoms with Gasteiger partial charge in [0.15, 0.2) is 0 Å². The van der Waals surface area contributed by atoms with Gasteiger partial charge in [-0.25, -0.2) is 0 Å². The molecule has 0 unspecified atom stereocenters. The summed E-state index contributed by atoms with van der Waals surface area (Å²) < 4.78 is 0. The summed E-state index contributed by atoms with van der Waals surface area (Å²) in [4.78, 5) is 25.0. The van der Waals surface area contributed by atoms with Crippen molar-refractivity contribution in [2.45, 2.75) is 51.0 Å². The van der Waals surface area contributed by atoms with Crippen LogP contribution in [0.1, 0.15) is 44.1 Å². The topological polar surface area (TPSA) is 57.6 Å². The molecule has 1 aliphatic rings. The van der Waals surface area contributed by atoms with E-state index >= 15 is 0 Å². The standard InChI is InChI=1S/C17H23NO3/c19-16(11-10-14-6-2-1-3-7-14)18(13-12-17(20)21)15-8-4-5-9-15/h1-3,6-7,15H,4-5,8-13H2,(H,20,21). The average molecular weight is 289 g/mol. The Balaban J connectivity index is 1.91. The van der Waals surface area contributed by atoms with E-state index in [9.17, 15) is 9.59 Å². The molecule has 0 heterocycles. The van der Waals surface area contributed by atoms with E-state index in [2.05, 4.69) is 0 Å². The zero-order valence-corrected chi connectivity index (χ0v) is 12.3. The Bertz CT molecular complexity index is 466. The number of benzene rings is 1. The average Bonchev–Trinajstić information content (AvgIpc) is 3.00. The molecule has 0 spiro atoms. The molecule has 0 saturated heterocycles. The summed E-state index contributed by atoms with van der Waals surface area (Å²) >= 11 is 0. The number of amides is 1. The number of aliphatic carboxylic acids is 1. The first-order valence-corrected chi connectivity index (χ1v) is 7.72. The van der Waals surface area contributed by atoms with Crippen molar-refractivity contribution in [3.05, 3.63) is 35.9 Å². The van der Waals surface area contributed by atoms with Gasteiger partial charge in [0.25, 0.3) is 0 Å². The van der Waals surface area contributed by atoms with Crippen LogP contribution in [0.4, 0.5) is 0 Å². The maximum Gasteiger partial charge on any atom is 0.305 e. The summed E-state index contributed by atoms with van der Waals surface area (Å²) in [7, 11) is 0. The summed E-state index contributed by atoms with van der Waals surface area (Å²) in [5.74, 6) is -0.749. The molecule has 1 fully saturated rings. The quantitative estimate of drug-likeness (QED) is 0.839. The monoisotopic (exact) mass is 289 g/mol. The Labute approximate surface area is 125 Å². The molecule has 0 aliphatic heterocycles. The number of nitrogens with zero attached hydrogens (tertiary/aromatic N) is 1. The highest BCUT2D eigenvalue weighted by Crippen LogP contribution is 2.24. The number of carbonyl (C=O) groups excluding carboxylic acids is 1. The Hall–Kier alpha value is -1.84. The van der Waals surface area contributed by atoms with Crippen molar-refractivity contribution in [2.24, 2.45) is 0 Å². The summed E-state index contributed by atoms with van der Waals surface area (Å²) in [6.45, 7) is 0.341. The van der Waals surface area contributed by atoms with Crippen molar-refractivity contribution in [2.75, 3.05) is 6.54 Å². The third-order valence-corrected chi connectivity index (χ3v) is 4.12. The fourth-order valence-electron chi connectivity index (χ4n) is 2.98. The van der Waals surface area contributed by atoms with Gasteiger partial charge in [-0.05, 0) is 24.8 Å². The minimum absolute atomic E-state index is 0.0353. The van der Waals surface area contributed by atoms with Crippen LogP contribution in [0.15, 0.2) is 30.3 Å². The van der Waals surface area contributed by atoms with Crippen molar-refractivity contribution in [1.29, 1.82) is 0 Å². The Kier molecular flexibility index (Phi) is 5.78. The molecule has 1 N–H and O–H groups in total. The highest BCUT2D eigenvalue weighted by molar-refractivity contribution is 5.77. The van der Waals surface area contributed by atoms with Gasteiger partial charge in [0, 0.05) is 19.0 Å². The summed E-state index contributed by atoms with van der Waals surface area (Å²) in [5, 5.41) is 8.86. The number of carbonyl (C=O) groups is 2. The van der Waals surface area contributed by atoms with E-state index in [1.807, 2.05) is 35.2 Å². The van der Waals surface area contributed by atoms with Crippen molar-refractivity contribution in [3.8, 4) is 0 Å². The molecule has 1 amide bonds.